The first-order chi connectivity index (χ1) is 11.2. The monoisotopic (exact) mass is 330 g/mol. The molecule has 7 heteroatoms. The second-order valence-electron chi connectivity index (χ2n) is 6.17. The first-order valence-electron chi connectivity index (χ1n) is 7.77. The molecule has 2 aromatic rings. The van der Waals surface area contributed by atoms with E-state index in [1.807, 2.05) is 32.0 Å². The number of aromatic nitrogens is 2. The van der Waals surface area contributed by atoms with Crippen LogP contribution in [-0.4, -0.2) is 20.6 Å². The van der Waals surface area contributed by atoms with E-state index in [4.69, 9.17) is 0 Å². The zero-order chi connectivity index (χ0) is 18.0. The summed E-state index contributed by atoms with van der Waals surface area (Å²) in [7, 11) is 0. The van der Waals surface area contributed by atoms with E-state index in [1.54, 1.807) is 20.8 Å². The lowest BCUT2D eigenvalue weighted by molar-refractivity contribution is -0.386. The molecule has 0 radical (unpaired) electrons. The number of nitro groups is 1. The fourth-order valence-corrected chi connectivity index (χ4v) is 2.60. The van der Waals surface area contributed by atoms with Crippen molar-refractivity contribution in [2.75, 3.05) is 5.32 Å². The van der Waals surface area contributed by atoms with Gasteiger partial charge in [-0.05, 0) is 44.9 Å². The highest BCUT2D eigenvalue weighted by Gasteiger charge is 2.24. The molecule has 0 bridgehead atoms. The highest BCUT2D eigenvalue weighted by Crippen LogP contribution is 2.23. The molecular weight excluding hydrogens is 308 g/mol. The summed E-state index contributed by atoms with van der Waals surface area (Å²) in [5.74, 6) is -0.513. The lowest BCUT2D eigenvalue weighted by Gasteiger charge is -2.15. The molecule has 0 saturated carbocycles. The van der Waals surface area contributed by atoms with Crippen LogP contribution >= 0.6 is 0 Å². The Morgan fingerprint density at radius 3 is 2.58 bits per heavy atom. The lowest BCUT2D eigenvalue weighted by Crippen LogP contribution is -2.25. The summed E-state index contributed by atoms with van der Waals surface area (Å²) in [6.45, 7) is 9.22. The highest BCUT2D eigenvalue weighted by atomic mass is 16.6. The quantitative estimate of drug-likeness (QED) is 0.673. The standard InChI is InChI=1S/C17H22N4O3/c1-10-6-7-11(2)15(8-10)18-17(22)12(3)9-20-14(5)16(21(23)24)13(4)19-20/h6-8,12H,9H2,1-5H3,(H,18,22). The number of hydrogen-bond acceptors (Lipinski definition) is 4. The highest BCUT2D eigenvalue weighted by molar-refractivity contribution is 5.93. The topological polar surface area (TPSA) is 90.1 Å². The Kier molecular flexibility index (Phi) is 5.02. The number of carbonyl (C=O) groups is 1. The number of carbonyl (C=O) groups excluding carboxylic acids is 1. The molecule has 1 heterocycles. The van der Waals surface area contributed by atoms with E-state index in [2.05, 4.69) is 10.4 Å². The maximum atomic E-state index is 12.4. The Hall–Kier alpha value is -2.70. The van der Waals surface area contributed by atoms with E-state index in [0.717, 1.165) is 16.8 Å². The van der Waals surface area contributed by atoms with Crippen LogP contribution in [0.3, 0.4) is 0 Å². The fraction of sp³-hybridized carbons (Fsp3) is 0.412. The Balaban J connectivity index is 2.14. The summed E-state index contributed by atoms with van der Waals surface area (Å²) in [4.78, 5) is 23.1. The van der Waals surface area contributed by atoms with Gasteiger partial charge in [-0.3, -0.25) is 19.6 Å². The van der Waals surface area contributed by atoms with Gasteiger partial charge in [-0.25, -0.2) is 0 Å². The summed E-state index contributed by atoms with van der Waals surface area (Å²) < 4.78 is 1.53. The third kappa shape index (κ3) is 3.61. The molecule has 1 N–H and O–H groups in total. The summed E-state index contributed by atoms with van der Waals surface area (Å²) >= 11 is 0. The van der Waals surface area contributed by atoms with Crippen LogP contribution in [0.5, 0.6) is 0 Å². The number of amides is 1. The minimum Gasteiger partial charge on any atom is -0.326 e. The zero-order valence-corrected chi connectivity index (χ0v) is 14.6. The van der Waals surface area contributed by atoms with E-state index >= 15 is 0 Å². The molecule has 7 nitrogen and oxygen atoms in total. The van der Waals surface area contributed by atoms with Crippen molar-refractivity contribution in [1.29, 1.82) is 0 Å². The summed E-state index contributed by atoms with van der Waals surface area (Å²) in [5, 5.41) is 18.2. The van der Waals surface area contributed by atoms with Crippen LogP contribution in [0.4, 0.5) is 11.4 Å². The molecule has 1 aromatic carbocycles. The van der Waals surface area contributed by atoms with Gasteiger partial charge in [-0.15, -0.1) is 0 Å². The number of nitrogens with zero attached hydrogens (tertiary/aromatic N) is 3. The van der Waals surface area contributed by atoms with E-state index in [9.17, 15) is 14.9 Å². The molecule has 2 rings (SSSR count). The normalized spacial score (nSPS) is 12.0. The number of anilines is 1. The Bertz CT molecular complexity index is 795. The Morgan fingerprint density at radius 1 is 1.33 bits per heavy atom. The molecule has 0 aliphatic heterocycles. The summed E-state index contributed by atoms with van der Waals surface area (Å²) in [5.41, 5.74) is 3.67. The Labute approximate surface area is 140 Å². The van der Waals surface area contributed by atoms with Crippen LogP contribution < -0.4 is 5.32 Å². The van der Waals surface area contributed by atoms with Crippen LogP contribution in [0.2, 0.25) is 0 Å². The van der Waals surface area contributed by atoms with E-state index in [0.29, 0.717) is 11.4 Å². The molecule has 24 heavy (non-hydrogen) atoms. The minimum atomic E-state index is -0.436. The number of hydrogen-bond donors (Lipinski definition) is 1. The largest absolute Gasteiger partial charge is 0.326 e. The van der Waals surface area contributed by atoms with Crippen LogP contribution in [-0.2, 0) is 11.3 Å². The van der Waals surface area contributed by atoms with Crippen molar-refractivity contribution < 1.29 is 9.72 Å². The van der Waals surface area contributed by atoms with Crippen LogP contribution in [0.15, 0.2) is 18.2 Å². The minimum absolute atomic E-state index is 0.0112. The molecule has 0 saturated heterocycles. The van der Waals surface area contributed by atoms with E-state index in [1.165, 1.54) is 4.68 Å². The van der Waals surface area contributed by atoms with Gasteiger partial charge in [0.15, 0.2) is 0 Å². The van der Waals surface area contributed by atoms with Crippen LogP contribution in [0.25, 0.3) is 0 Å². The third-order valence-corrected chi connectivity index (χ3v) is 4.07. The molecule has 0 spiro atoms. The average Bonchev–Trinajstić information content (AvgIpc) is 2.77. The van der Waals surface area contributed by atoms with Crippen molar-refractivity contribution in [3.8, 4) is 0 Å². The molecule has 1 aromatic heterocycles. The third-order valence-electron chi connectivity index (χ3n) is 4.07. The molecule has 1 amide bonds. The predicted molar refractivity (Wildman–Crippen MR) is 92.1 cm³/mol. The van der Waals surface area contributed by atoms with Crippen molar-refractivity contribution in [2.45, 2.75) is 41.2 Å². The second kappa shape index (κ2) is 6.82. The van der Waals surface area contributed by atoms with E-state index < -0.39 is 4.92 Å². The second-order valence-corrected chi connectivity index (χ2v) is 6.17. The van der Waals surface area contributed by atoms with Gasteiger partial charge in [0.25, 0.3) is 0 Å². The van der Waals surface area contributed by atoms with Gasteiger partial charge in [0.2, 0.25) is 5.91 Å². The zero-order valence-electron chi connectivity index (χ0n) is 14.6. The molecule has 0 aliphatic carbocycles. The number of rotatable bonds is 5. The SMILES string of the molecule is Cc1ccc(C)c(NC(=O)C(C)Cn2nc(C)c([N+](=O)[O-])c2C)c1. The lowest BCUT2D eigenvalue weighted by atomic mass is 10.1. The van der Waals surface area contributed by atoms with Gasteiger partial charge in [0, 0.05) is 5.69 Å². The molecule has 0 fully saturated rings. The molecule has 1 atom stereocenters. The van der Waals surface area contributed by atoms with Crippen molar-refractivity contribution >= 4 is 17.3 Å². The summed E-state index contributed by atoms with van der Waals surface area (Å²) in [6.07, 6.45) is 0. The van der Waals surface area contributed by atoms with Gasteiger partial charge in [-0.2, -0.15) is 5.10 Å². The van der Waals surface area contributed by atoms with Crippen LogP contribution in [0, 0.1) is 43.7 Å². The van der Waals surface area contributed by atoms with Crippen molar-refractivity contribution in [3.05, 3.63) is 50.8 Å². The molecule has 1 unspecified atom stereocenters. The van der Waals surface area contributed by atoms with Gasteiger partial charge in [-0.1, -0.05) is 19.1 Å². The maximum Gasteiger partial charge on any atom is 0.312 e. The van der Waals surface area contributed by atoms with Gasteiger partial charge >= 0.3 is 5.69 Å². The Morgan fingerprint density at radius 2 is 2.00 bits per heavy atom. The first-order valence-corrected chi connectivity index (χ1v) is 7.77. The van der Waals surface area contributed by atoms with Crippen molar-refractivity contribution in [1.82, 2.24) is 9.78 Å². The fourth-order valence-electron chi connectivity index (χ4n) is 2.60. The van der Waals surface area contributed by atoms with E-state index in [-0.39, 0.29) is 24.1 Å². The number of benzene rings is 1. The predicted octanol–water partition coefficient (Wildman–Crippen LogP) is 3.30. The smallest absolute Gasteiger partial charge is 0.312 e. The summed E-state index contributed by atoms with van der Waals surface area (Å²) in [6, 6.07) is 5.87. The molecular formula is C17H22N4O3. The molecule has 0 aliphatic rings. The van der Waals surface area contributed by atoms with Gasteiger partial charge in [0.1, 0.15) is 11.4 Å². The number of aryl methyl sites for hydroxylation is 3. The van der Waals surface area contributed by atoms with Gasteiger partial charge < -0.3 is 5.32 Å². The van der Waals surface area contributed by atoms with Crippen LogP contribution in [0.1, 0.15) is 29.4 Å². The van der Waals surface area contributed by atoms with Crippen molar-refractivity contribution in [3.63, 3.8) is 0 Å². The average molecular weight is 330 g/mol. The number of nitrogens with one attached hydrogen (secondary N) is 1. The molecule has 128 valence electrons. The first kappa shape index (κ1) is 17.7. The van der Waals surface area contributed by atoms with Crippen molar-refractivity contribution in [2.24, 2.45) is 5.92 Å². The van der Waals surface area contributed by atoms with Gasteiger partial charge in [0.05, 0.1) is 17.4 Å². The maximum absolute atomic E-state index is 12.4.